The van der Waals surface area contributed by atoms with Crippen LogP contribution in [0, 0.1) is 0 Å². The molecule has 1 N–H and O–H groups in total. The van der Waals surface area contributed by atoms with Gasteiger partial charge in [0.25, 0.3) is 5.91 Å². The van der Waals surface area contributed by atoms with Crippen molar-refractivity contribution in [3.05, 3.63) is 33.8 Å². The Morgan fingerprint density at radius 3 is 2.81 bits per heavy atom. The predicted octanol–water partition coefficient (Wildman–Crippen LogP) is 2.30. The molecule has 1 aromatic carbocycles. The summed E-state index contributed by atoms with van der Waals surface area (Å²) >= 11 is 3.10. The first-order valence-corrected chi connectivity index (χ1v) is 7.00. The van der Waals surface area contributed by atoms with Crippen LogP contribution in [0.4, 0.5) is 13.2 Å². The Hall–Kier alpha value is -1.12. The van der Waals surface area contributed by atoms with E-state index in [-0.39, 0.29) is 31.9 Å². The van der Waals surface area contributed by atoms with Gasteiger partial charge in [0.1, 0.15) is 0 Å². The molecule has 1 amide bonds. The number of morpholine rings is 1. The van der Waals surface area contributed by atoms with E-state index in [0.29, 0.717) is 4.47 Å². The molecule has 1 aliphatic heterocycles. The van der Waals surface area contributed by atoms with Gasteiger partial charge in [-0.3, -0.25) is 4.79 Å². The quantitative estimate of drug-likeness (QED) is 0.872. The van der Waals surface area contributed by atoms with Crippen molar-refractivity contribution < 1.29 is 27.8 Å². The van der Waals surface area contributed by atoms with Gasteiger partial charge >= 0.3 is 6.18 Å². The van der Waals surface area contributed by atoms with Gasteiger partial charge in [-0.05, 0) is 34.1 Å². The first kappa shape index (κ1) is 16.3. The zero-order valence-electron chi connectivity index (χ0n) is 10.9. The lowest BCUT2D eigenvalue weighted by atomic mass is 10.1. The van der Waals surface area contributed by atoms with Gasteiger partial charge in [-0.1, -0.05) is 0 Å². The summed E-state index contributed by atoms with van der Waals surface area (Å²) in [7, 11) is 0. The molecule has 1 heterocycles. The fourth-order valence-electron chi connectivity index (χ4n) is 2.05. The van der Waals surface area contributed by atoms with E-state index in [4.69, 9.17) is 9.84 Å². The molecule has 1 unspecified atom stereocenters. The normalized spacial score (nSPS) is 19.7. The molecule has 1 saturated heterocycles. The molecule has 1 aliphatic rings. The van der Waals surface area contributed by atoms with Crippen molar-refractivity contribution in [1.29, 1.82) is 0 Å². The highest BCUT2D eigenvalue weighted by Gasteiger charge is 2.33. The number of hydrogen-bond donors (Lipinski definition) is 1. The largest absolute Gasteiger partial charge is 0.416 e. The molecular formula is C13H13BrF3NO3. The van der Waals surface area contributed by atoms with E-state index in [0.717, 1.165) is 12.1 Å². The molecule has 116 valence electrons. The summed E-state index contributed by atoms with van der Waals surface area (Å²) in [5.41, 5.74) is -0.926. The summed E-state index contributed by atoms with van der Waals surface area (Å²) in [5.74, 6) is -0.519. The lowest BCUT2D eigenvalue weighted by molar-refractivity contribution is -0.137. The minimum Gasteiger partial charge on any atom is -0.394 e. The van der Waals surface area contributed by atoms with Crippen LogP contribution in [0.2, 0.25) is 0 Å². The topological polar surface area (TPSA) is 49.8 Å². The van der Waals surface area contributed by atoms with Crippen molar-refractivity contribution in [2.75, 3.05) is 26.3 Å². The second-order valence-corrected chi connectivity index (χ2v) is 5.47. The van der Waals surface area contributed by atoms with Gasteiger partial charge in [-0.2, -0.15) is 13.2 Å². The van der Waals surface area contributed by atoms with Crippen molar-refractivity contribution in [2.24, 2.45) is 0 Å². The fourth-order valence-corrected chi connectivity index (χ4v) is 2.47. The maximum Gasteiger partial charge on any atom is 0.416 e. The van der Waals surface area contributed by atoms with Gasteiger partial charge in [0, 0.05) is 17.6 Å². The van der Waals surface area contributed by atoms with Crippen molar-refractivity contribution in [1.82, 2.24) is 4.90 Å². The van der Waals surface area contributed by atoms with E-state index in [1.54, 1.807) is 0 Å². The van der Waals surface area contributed by atoms with E-state index >= 15 is 0 Å². The summed E-state index contributed by atoms with van der Waals surface area (Å²) in [5, 5.41) is 9.05. The number of halogens is 4. The van der Waals surface area contributed by atoms with Gasteiger partial charge in [0.15, 0.2) is 0 Å². The molecule has 1 fully saturated rings. The number of aliphatic hydroxyl groups is 1. The van der Waals surface area contributed by atoms with Crippen LogP contribution in [0.15, 0.2) is 22.7 Å². The molecule has 1 atom stereocenters. The molecular weight excluding hydrogens is 355 g/mol. The van der Waals surface area contributed by atoms with Gasteiger partial charge in [0.05, 0.1) is 30.4 Å². The summed E-state index contributed by atoms with van der Waals surface area (Å²) in [6.45, 7) is 0.428. The van der Waals surface area contributed by atoms with Crippen molar-refractivity contribution in [2.45, 2.75) is 12.3 Å². The number of carbonyl (C=O) groups excluding carboxylic acids is 1. The number of nitrogens with zero attached hydrogens (tertiary/aromatic N) is 1. The Bertz CT molecular complexity index is 536. The highest BCUT2D eigenvalue weighted by molar-refractivity contribution is 9.10. The van der Waals surface area contributed by atoms with Gasteiger partial charge in [-0.25, -0.2) is 0 Å². The lowest BCUT2D eigenvalue weighted by Crippen LogP contribution is -2.47. The van der Waals surface area contributed by atoms with Crippen LogP contribution in [-0.4, -0.2) is 48.3 Å². The molecule has 21 heavy (non-hydrogen) atoms. The van der Waals surface area contributed by atoms with Crippen LogP contribution in [0.5, 0.6) is 0 Å². The van der Waals surface area contributed by atoms with Gasteiger partial charge < -0.3 is 14.7 Å². The second kappa shape index (κ2) is 6.33. The van der Waals surface area contributed by atoms with Crippen molar-refractivity contribution in [3.8, 4) is 0 Å². The van der Waals surface area contributed by atoms with E-state index < -0.39 is 23.8 Å². The number of hydrogen-bond acceptors (Lipinski definition) is 3. The number of amides is 1. The van der Waals surface area contributed by atoms with Crippen LogP contribution in [0.3, 0.4) is 0 Å². The first-order valence-electron chi connectivity index (χ1n) is 6.21. The second-order valence-electron chi connectivity index (χ2n) is 4.62. The Balaban J connectivity index is 2.26. The van der Waals surface area contributed by atoms with E-state index in [1.807, 2.05) is 0 Å². The van der Waals surface area contributed by atoms with Crippen LogP contribution in [0.1, 0.15) is 15.9 Å². The Morgan fingerprint density at radius 2 is 2.19 bits per heavy atom. The molecule has 8 heteroatoms. The number of alkyl halides is 3. The molecule has 0 spiro atoms. The molecule has 0 bridgehead atoms. The van der Waals surface area contributed by atoms with E-state index in [2.05, 4.69) is 15.9 Å². The zero-order valence-corrected chi connectivity index (χ0v) is 12.4. The third-order valence-corrected chi connectivity index (χ3v) is 3.85. The standard InChI is InChI=1S/C13H13BrF3NO3/c14-11-2-1-8(13(15,16)17)5-10(11)12(20)18-3-4-21-9(6-18)7-19/h1-2,5,9,19H,3-4,6-7H2. The smallest absolute Gasteiger partial charge is 0.394 e. The van der Waals surface area contributed by atoms with Gasteiger partial charge in [0.2, 0.25) is 0 Å². The molecule has 0 saturated carbocycles. The molecule has 0 aliphatic carbocycles. The minimum absolute atomic E-state index is 0.0524. The van der Waals surface area contributed by atoms with E-state index in [1.165, 1.54) is 11.0 Å². The average Bonchev–Trinajstić information content (AvgIpc) is 2.46. The van der Waals surface area contributed by atoms with Crippen LogP contribution in [0.25, 0.3) is 0 Å². The summed E-state index contributed by atoms with van der Waals surface area (Å²) in [4.78, 5) is 13.7. The molecule has 2 rings (SSSR count). The van der Waals surface area contributed by atoms with Gasteiger partial charge in [-0.15, -0.1) is 0 Å². The fraction of sp³-hybridized carbons (Fsp3) is 0.462. The lowest BCUT2D eigenvalue weighted by Gasteiger charge is -2.32. The third kappa shape index (κ3) is 3.75. The zero-order chi connectivity index (χ0) is 15.6. The summed E-state index contributed by atoms with van der Waals surface area (Å²) < 4.78 is 43.7. The third-order valence-electron chi connectivity index (χ3n) is 3.15. The summed E-state index contributed by atoms with van der Waals surface area (Å²) in [6, 6.07) is 2.95. The van der Waals surface area contributed by atoms with Crippen LogP contribution in [-0.2, 0) is 10.9 Å². The average molecular weight is 368 g/mol. The Kier molecular flexibility index (Phi) is 4.90. The number of benzene rings is 1. The molecule has 0 aromatic heterocycles. The Labute approximate surface area is 127 Å². The Morgan fingerprint density at radius 1 is 1.48 bits per heavy atom. The molecule has 0 radical (unpaired) electrons. The highest BCUT2D eigenvalue weighted by Crippen LogP contribution is 2.32. The maximum absolute atomic E-state index is 12.7. The van der Waals surface area contributed by atoms with Crippen LogP contribution < -0.4 is 0 Å². The molecule has 1 aromatic rings. The monoisotopic (exact) mass is 367 g/mol. The van der Waals surface area contributed by atoms with Crippen molar-refractivity contribution in [3.63, 3.8) is 0 Å². The van der Waals surface area contributed by atoms with Crippen LogP contribution >= 0.6 is 15.9 Å². The number of rotatable bonds is 2. The molecule has 4 nitrogen and oxygen atoms in total. The predicted molar refractivity (Wildman–Crippen MR) is 71.9 cm³/mol. The maximum atomic E-state index is 12.7. The number of ether oxygens (including phenoxy) is 1. The first-order chi connectivity index (χ1) is 9.82. The number of carbonyl (C=O) groups is 1. The number of aliphatic hydroxyl groups excluding tert-OH is 1. The van der Waals surface area contributed by atoms with Crippen molar-refractivity contribution >= 4 is 21.8 Å². The minimum atomic E-state index is -4.51. The summed E-state index contributed by atoms with van der Waals surface area (Å²) in [6.07, 6.45) is -5.01. The highest BCUT2D eigenvalue weighted by atomic mass is 79.9. The van der Waals surface area contributed by atoms with E-state index in [9.17, 15) is 18.0 Å². The SMILES string of the molecule is O=C(c1cc(C(F)(F)F)ccc1Br)N1CCOC(CO)C1.